The van der Waals surface area contributed by atoms with Crippen molar-refractivity contribution in [1.82, 2.24) is 4.90 Å². The third-order valence-electron chi connectivity index (χ3n) is 3.48. The number of rotatable bonds is 8. The molecular formula is C15H22BrNO2. The second-order valence-corrected chi connectivity index (χ2v) is 5.61. The molecule has 2 rings (SSSR count). The van der Waals surface area contributed by atoms with Gasteiger partial charge in [0.25, 0.3) is 0 Å². The molecule has 1 aromatic rings. The Bertz CT molecular complexity index is 398. The van der Waals surface area contributed by atoms with E-state index in [1.165, 1.54) is 11.1 Å². The van der Waals surface area contributed by atoms with E-state index in [9.17, 15) is 0 Å². The van der Waals surface area contributed by atoms with E-state index in [0.29, 0.717) is 0 Å². The second kappa shape index (κ2) is 7.88. The Balaban J connectivity index is 1.85. The SMILES string of the molecule is COCCN(CCBr)CCc1ccc2c(c1)CCO2. The van der Waals surface area contributed by atoms with Gasteiger partial charge < -0.3 is 9.47 Å². The molecule has 0 fully saturated rings. The molecule has 106 valence electrons. The zero-order valence-electron chi connectivity index (χ0n) is 11.5. The van der Waals surface area contributed by atoms with Gasteiger partial charge in [-0.05, 0) is 23.6 Å². The van der Waals surface area contributed by atoms with Gasteiger partial charge >= 0.3 is 0 Å². The van der Waals surface area contributed by atoms with Crippen LogP contribution >= 0.6 is 15.9 Å². The number of nitrogens with zero attached hydrogens (tertiary/aromatic N) is 1. The fourth-order valence-corrected chi connectivity index (χ4v) is 2.86. The van der Waals surface area contributed by atoms with Crippen LogP contribution in [0, 0.1) is 0 Å². The van der Waals surface area contributed by atoms with Crippen molar-refractivity contribution in [3.05, 3.63) is 29.3 Å². The summed E-state index contributed by atoms with van der Waals surface area (Å²) >= 11 is 3.51. The van der Waals surface area contributed by atoms with Crippen LogP contribution in [0.5, 0.6) is 5.75 Å². The molecule has 0 bridgehead atoms. The van der Waals surface area contributed by atoms with Crippen molar-refractivity contribution >= 4 is 15.9 Å². The quantitative estimate of drug-likeness (QED) is 0.685. The van der Waals surface area contributed by atoms with E-state index in [1.807, 2.05) is 0 Å². The Morgan fingerprint density at radius 2 is 2.21 bits per heavy atom. The molecule has 0 unspecified atom stereocenters. The smallest absolute Gasteiger partial charge is 0.122 e. The summed E-state index contributed by atoms with van der Waals surface area (Å²) in [5.41, 5.74) is 2.77. The molecule has 0 aliphatic carbocycles. The van der Waals surface area contributed by atoms with Crippen molar-refractivity contribution in [2.24, 2.45) is 0 Å². The molecule has 0 radical (unpaired) electrons. The number of methoxy groups -OCH3 is 1. The van der Waals surface area contributed by atoms with Crippen molar-refractivity contribution < 1.29 is 9.47 Å². The van der Waals surface area contributed by atoms with Crippen LogP contribution in [0.15, 0.2) is 18.2 Å². The molecule has 1 aromatic carbocycles. The predicted octanol–water partition coefficient (Wildman–Crippen LogP) is 2.51. The van der Waals surface area contributed by atoms with E-state index in [4.69, 9.17) is 9.47 Å². The minimum Gasteiger partial charge on any atom is -0.493 e. The van der Waals surface area contributed by atoms with Crippen LogP contribution in [0.2, 0.25) is 0 Å². The Hall–Kier alpha value is -0.580. The minimum atomic E-state index is 0.797. The van der Waals surface area contributed by atoms with Crippen molar-refractivity contribution in [1.29, 1.82) is 0 Å². The van der Waals surface area contributed by atoms with E-state index in [1.54, 1.807) is 7.11 Å². The lowest BCUT2D eigenvalue weighted by atomic mass is 10.1. The molecule has 0 saturated carbocycles. The van der Waals surface area contributed by atoms with Crippen LogP contribution in [0.4, 0.5) is 0 Å². The first-order chi connectivity index (χ1) is 9.33. The van der Waals surface area contributed by atoms with Gasteiger partial charge in [-0.2, -0.15) is 0 Å². The van der Waals surface area contributed by atoms with Gasteiger partial charge in [-0.15, -0.1) is 0 Å². The van der Waals surface area contributed by atoms with Crippen LogP contribution in [-0.2, 0) is 17.6 Å². The maximum atomic E-state index is 5.54. The topological polar surface area (TPSA) is 21.7 Å². The van der Waals surface area contributed by atoms with Gasteiger partial charge in [0.2, 0.25) is 0 Å². The zero-order chi connectivity index (χ0) is 13.5. The molecule has 1 heterocycles. The van der Waals surface area contributed by atoms with Gasteiger partial charge in [0.1, 0.15) is 5.75 Å². The number of benzene rings is 1. The van der Waals surface area contributed by atoms with Gasteiger partial charge in [-0.1, -0.05) is 28.1 Å². The normalized spacial score (nSPS) is 13.6. The van der Waals surface area contributed by atoms with E-state index >= 15 is 0 Å². The third kappa shape index (κ3) is 4.48. The monoisotopic (exact) mass is 327 g/mol. The number of fused-ring (bicyclic) bond motifs is 1. The molecule has 0 amide bonds. The van der Waals surface area contributed by atoms with Crippen LogP contribution < -0.4 is 4.74 Å². The van der Waals surface area contributed by atoms with Crippen LogP contribution in [-0.4, -0.2) is 50.2 Å². The number of halogens is 1. The average molecular weight is 328 g/mol. The molecule has 1 aliphatic rings. The summed E-state index contributed by atoms with van der Waals surface area (Å²) in [6.45, 7) is 4.77. The number of alkyl halides is 1. The van der Waals surface area contributed by atoms with Crippen molar-refractivity contribution in [3.8, 4) is 5.75 Å². The lowest BCUT2D eigenvalue weighted by Gasteiger charge is -2.20. The molecule has 19 heavy (non-hydrogen) atoms. The number of ether oxygens (including phenoxy) is 2. The second-order valence-electron chi connectivity index (χ2n) is 4.81. The fraction of sp³-hybridized carbons (Fsp3) is 0.600. The molecule has 0 saturated heterocycles. The van der Waals surface area contributed by atoms with Crippen molar-refractivity contribution in [3.63, 3.8) is 0 Å². The summed E-state index contributed by atoms with van der Waals surface area (Å²) < 4.78 is 10.7. The Morgan fingerprint density at radius 3 is 3.00 bits per heavy atom. The summed E-state index contributed by atoms with van der Waals surface area (Å²) in [7, 11) is 1.76. The van der Waals surface area contributed by atoms with Gasteiger partial charge in [0.05, 0.1) is 13.2 Å². The summed E-state index contributed by atoms with van der Waals surface area (Å²) in [6.07, 6.45) is 2.14. The van der Waals surface area contributed by atoms with E-state index in [2.05, 4.69) is 39.0 Å². The molecule has 3 nitrogen and oxygen atoms in total. The molecule has 1 aliphatic heterocycles. The van der Waals surface area contributed by atoms with Crippen LogP contribution in [0.3, 0.4) is 0 Å². The van der Waals surface area contributed by atoms with Crippen LogP contribution in [0.1, 0.15) is 11.1 Å². The largest absolute Gasteiger partial charge is 0.493 e. The molecule has 0 atom stereocenters. The van der Waals surface area contributed by atoms with Gasteiger partial charge in [-0.25, -0.2) is 0 Å². The first-order valence-electron chi connectivity index (χ1n) is 6.85. The first-order valence-corrected chi connectivity index (χ1v) is 7.97. The van der Waals surface area contributed by atoms with Crippen LogP contribution in [0.25, 0.3) is 0 Å². The predicted molar refractivity (Wildman–Crippen MR) is 81.5 cm³/mol. The van der Waals surface area contributed by atoms with E-state index in [-0.39, 0.29) is 0 Å². The highest BCUT2D eigenvalue weighted by Gasteiger charge is 2.12. The highest BCUT2D eigenvalue weighted by Crippen LogP contribution is 2.26. The minimum absolute atomic E-state index is 0.797. The molecular weight excluding hydrogens is 306 g/mol. The number of hydrogen-bond acceptors (Lipinski definition) is 3. The number of hydrogen-bond donors (Lipinski definition) is 0. The fourth-order valence-electron chi connectivity index (χ4n) is 2.36. The Morgan fingerprint density at radius 1 is 1.32 bits per heavy atom. The maximum Gasteiger partial charge on any atom is 0.122 e. The highest BCUT2D eigenvalue weighted by atomic mass is 79.9. The van der Waals surface area contributed by atoms with Gasteiger partial charge in [-0.3, -0.25) is 4.90 Å². The zero-order valence-corrected chi connectivity index (χ0v) is 13.1. The average Bonchev–Trinajstić information content (AvgIpc) is 2.89. The van der Waals surface area contributed by atoms with Crippen molar-refractivity contribution in [2.45, 2.75) is 12.8 Å². The van der Waals surface area contributed by atoms with E-state index < -0.39 is 0 Å². The van der Waals surface area contributed by atoms with E-state index in [0.717, 1.165) is 56.8 Å². The molecule has 0 N–H and O–H groups in total. The first kappa shape index (κ1) is 14.8. The molecule has 0 spiro atoms. The van der Waals surface area contributed by atoms with Gasteiger partial charge in [0, 0.05) is 38.5 Å². The third-order valence-corrected chi connectivity index (χ3v) is 3.84. The molecule has 0 aromatic heterocycles. The standard InChI is InChI=1S/C15H22BrNO2/c1-18-11-9-17(8-6-16)7-4-13-2-3-15-14(12-13)5-10-19-15/h2-3,12H,4-11H2,1H3. The summed E-state index contributed by atoms with van der Waals surface area (Å²) in [6, 6.07) is 6.60. The molecule has 4 heteroatoms. The van der Waals surface area contributed by atoms with Crippen molar-refractivity contribution in [2.75, 3.05) is 45.3 Å². The lowest BCUT2D eigenvalue weighted by Crippen LogP contribution is -2.31. The Labute approximate surface area is 124 Å². The summed E-state index contributed by atoms with van der Waals surface area (Å²) in [5, 5.41) is 1.01. The Kier molecular flexibility index (Phi) is 6.14. The maximum absolute atomic E-state index is 5.54. The highest BCUT2D eigenvalue weighted by molar-refractivity contribution is 9.09. The lowest BCUT2D eigenvalue weighted by molar-refractivity contribution is 0.152. The van der Waals surface area contributed by atoms with Gasteiger partial charge in [0.15, 0.2) is 0 Å². The summed E-state index contributed by atoms with van der Waals surface area (Å²) in [4.78, 5) is 2.43. The summed E-state index contributed by atoms with van der Waals surface area (Å²) in [5.74, 6) is 1.07.